The number of carbonyl (C=O) groups is 1. The van der Waals surface area contributed by atoms with Gasteiger partial charge < -0.3 is 15.2 Å². The number of benzene rings is 1. The molecular weight excluding hydrogens is 292 g/mol. The van der Waals surface area contributed by atoms with E-state index in [0.29, 0.717) is 23.7 Å². The van der Waals surface area contributed by atoms with Crippen LogP contribution in [-0.4, -0.2) is 22.6 Å². The first-order valence-electron chi connectivity index (χ1n) is 6.43. The third kappa shape index (κ3) is 3.93. The molecule has 0 aliphatic heterocycles. The Hall–Kier alpha value is -2.11. The molecule has 0 bridgehead atoms. The summed E-state index contributed by atoms with van der Waals surface area (Å²) in [5.41, 5.74) is 1.64. The molecule has 2 N–H and O–H groups in total. The molecule has 0 atom stereocenters. The van der Waals surface area contributed by atoms with Crippen LogP contribution in [-0.2, 0) is 6.61 Å². The molecule has 0 unspecified atom stereocenters. The van der Waals surface area contributed by atoms with Crippen molar-refractivity contribution < 1.29 is 14.6 Å². The molecule has 0 aliphatic rings. The van der Waals surface area contributed by atoms with E-state index in [1.165, 1.54) is 12.3 Å². The van der Waals surface area contributed by atoms with Crippen LogP contribution in [0.15, 0.2) is 36.5 Å². The zero-order chi connectivity index (χ0) is 15.2. The summed E-state index contributed by atoms with van der Waals surface area (Å²) in [5, 5.41) is 12.1. The molecule has 1 aromatic heterocycles. The van der Waals surface area contributed by atoms with E-state index >= 15 is 0 Å². The topological polar surface area (TPSA) is 71.5 Å². The summed E-state index contributed by atoms with van der Waals surface area (Å²) in [6.07, 6.45) is 1.40. The van der Waals surface area contributed by atoms with E-state index in [-0.39, 0.29) is 17.5 Å². The number of halogens is 1. The third-order valence-electron chi connectivity index (χ3n) is 2.72. The van der Waals surface area contributed by atoms with Gasteiger partial charge in [0.15, 0.2) is 0 Å². The minimum atomic E-state index is -0.331. The van der Waals surface area contributed by atoms with E-state index in [1.807, 2.05) is 6.92 Å². The van der Waals surface area contributed by atoms with Crippen molar-refractivity contribution in [1.29, 1.82) is 0 Å². The third-order valence-corrected chi connectivity index (χ3v) is 2.99. The average molecular weight is 307 g/mol. The number of amides is 1. The van der Waals surface area contributed by atoms with Gasteiger partial charge >= 0.3 is 0 Å². The monoisotopic (exact) mass is 306 g/mol. The predicted octanol–water partition coefficient (Wildman–Crippen LogP) is 2.88. The molecule has 0 saturated carbocycles. The zero-order valence-corrected chi connectivity index (χ0v) is 12.2. The number of nitrogens with zero attached hydrogens (tertiary/aromatic N) is 1. The normalized spacial score (nSPS) is 10.2. The fourth-order valence-electron chi connectivity index (χ4n) is 1.74. The van der Waals surface area contributed by atoms with Gasteiger partial charge in [0.05, 0.1) is 18.8 Å². The molecule has 0 radical (unpaired) electrons. The van der Waals surface area contributed by atoms with Crippen molar-refractivity contribution in [1.82, 2.24) is 4.98 Å². The Balaban J connectivity index is 2.14. The van der Waals surface area contributed by atoms with E-state index in [9.17, 15) is 4.79 Å². The van der Waals surface area contributed by atoms with Gasteiger partial charge in [-0.15, -0.1) is 0 Å². The molecule has 1 heterocycles. The second-order valence-electron chi connectivity index (χ2n) is 4.26. The number of aliphatic hydroxyl groups is 1. The highest BCUT2D eigenvalue weighted by Gasteiger charge is 2.11. The molecule has 2 rings (SSSR count). The second kappa shape index (κ2) is 7.06. The minimum Gasteiger partial charge on any atom is -0.477 e. The van der Waals surface area contributed by atoms with Crippen molar-refractivity contribution in [2.24, 2.45) is 0 Å². The molecular formula is C15H15ClN2O3. The van der Waals surface area contributed by atoms with Gasteiger partial charge in [0.1, 0.15) is 5.02 Å². The highest BCUT2D eigenvalue weighted by molar-refractivity contribution is 6.32. The number of carbonyl (C=O) groups excluding carboxylic acids is 1. The van der Waals surface area contributed by atoms with E-state index in [1.54, 1.807) is 24.3 Å². The Morgan fingerprint density at radius 3 is 2.90 bits per heavy atom. The largest absolute Gasteiger partial charge is 0.477 e. The summed E-state index contributed by atoms with van der Waals surface area (Å²) in [4.78, 5) is 16.1. The van der Waals surface area contributed by atoms with Gasteiger partial charge in [-0.1, -0.05) is 23.7 Å². The Morgan fingerprint density at radius 2 is 2.24 bits per heavy atom. The molecule has 6 heteroatoms. The summed E-state index contributed by atoms with van der Waals surface area (Å²) >= 11 is 6.00. The molecule has 0 saturated heterocycles. The van der Waals surface area contributed by atoms with Crippen LogP contribution in [0, 0.1) is 0 Å². The van der Waals surface area contributed by atoms with E-state index < -0.39 is 0 Å². The van der Waals surface area contributed by atoms with Gasteiger partial charge in [-0.2, -0.15) is 0 Å². The summed E-state index contributed by atoms with van der Waals surface area (Å²) in [6, 6.07) is 8.46. The number of hydrogen-bond acceptors (Lipinski definition) is 4. The van der Waals surface area contributed by atoms with E-state index in [2.05, 4.69) is 10.3 Å². The van der Waals surface area contributed by atoms with Crippen LogP contribution in [0.5, 0.6) is 5.88 Å². The van der Waals surface area contributed by atoms with Crippen molar-refractivity contribution in [3.8, 4) is 5.88 Å². The molecule has 0 fully saturated rings. The summed E-state index contributed by atoms with van der Waals surface area (Å²) in [5.74, 6) is -0.0273. The van der Waals surface area contributed by atoms with Crippen LogP contribution in [0.3, 0.4) is 0 Å². The molecule has 5 nitrogen and oxygen atoms in total. The summed E-state index contributed by atoms with van der Waals surface area (Å²) in [6.45, 7) is 2.19. The number of hydrogen-bond donors (Lipinski definition) is 2. The lowest BCUT2D eigenvalue weighted by molar-refractivity contribution is 0.102. The van der Waals surface area contributed by atoms with Crippen LogP contribution < -0.4 is 10.1 Å². The van der Waals surface area contributed by atoms with Gasteiger partial charge in [-0.3, -0.25) is 4.79 Å². The number of nitrogens with one attached hydrogen (secondary N) is 1. The molecule has 1 aromatic carbocycles. The van der Waals surface area contributed by atoms with E-state index in [4.69, 9.17) is 21.4 Å². The summed E-state index contributed by atoms with van der Waals surface area (Å²) in [7, 11) is 0. The van der Waals surface area contributed by atoms with Crippen molar-refractivity contribution in [2.75, 3.05) is 11.9 Å². The average Bonchev–Trinajstić information content (AvgIpc) is 2.49. The van der Waals surface area contributed by atoms with Gasteiger partial charge in [-0.25, -0.2) is 4.98 Å². The number of aromatic nitrogens is 1. The Labute approximate surface area is 127 Å². The molecule has 0 aliphatic carbocycles. The molecule has 2 aromatic rings. The summed E-state index contributed by atoms with van der Waals surface area (Å²) < 4.78 is 5.22. The van der Waals surface area contributed by atoms with Crippen LogP contribution in [0.1, 0.15) is 22.8 Å². The Kier molecular flexibility index (Phi) is 5.14. The maximum atomic E-state index is 12.1. The van der Waals surface area contributed by atoms with Gasteiger partial charge in [0.25, 0.3) is 5.91 Å². The smallest absolute Gasteiger partial charge is 0.257 e. The van der Waals surface area contributed by atoms with Crippen LogP contribution in [0.25, 0.3) is 0 Å². The zero-order valence-electron chi connectivity index (χ0n) is 11.5. The first-order chi connectivity index (χ1) is 10.1. The van der Waals surface area contributed by atoms with Crippen molar-refractivity contribution in [3.05, 3.63) is 52.7 Å². The predicted molar refractivity (Wildman–Crippen MR) is 80.7 cm³/mol. The number of pyridine rings is 1. The SMILES string of the molecule is CCOc1ncc(C(=O)Nc2cccc(CO)c2)cc1Cl. The number of rotatable bonds is 5. The van der Waals surface area contributed by atoms with Gasteiger partial charge in [-0.05, 0) is 30.7 Å². The van der Waals surface area contributed by atoms with E-state index in [0.717, 1.165) is 5.56 Å². The lowest BCUT2D eigenvalue weighted by atomic mass is 10.2. The maximum Gasteiger partial charge on any atom is 0.257 e. The first-order valence-corrected chi connectivity index (χ1v) is 6.81. The second-order valence-corrected chi connectivity index (χ2v) is 4.66. The highest BCUT2D eigenvalue weighted by atomic mass is 35.5. The van der Waals surface area contributed by atoms with Crippen LogP contribution >= 0.6 is 11.6 Å². The Bertz CT molecular complexity index is 647. The first kappa shape index (κ1) is 15.3. The Morgan fingerprint density at radius 1 is 1.43 bits per heavy atom. The molecule has 21 heavy (non-hydrogen) atoms. The highest BCUT2D eigenvalue weighted by Crippen LogP contribution is 2.23. The molecule has 110 valence electrons. The number of aliphatic hydroxyl groups excluding tert-OH is 1. The fraction of sp³-hybridized carbons (Fsp3) is 0.200. The van der Waals surface area contributed by atoms with Gasteiger partial charge in [0.2, 0.25) is 5.88 Å². The fourth-order valence-corrected chi connectivity index (χ4v) is 1.96. The number of ether oxygens (including phenoxy) is 1. The standard InChI is InChI=1S/C15H15ClN2O3/c1-2-21-15-13(16)7-11(8-17-15)14(20)18-12-5-3-4-10(6-12)9-19/h3-8,19H,2,9H2,1H3,(H,18,20). The van der Waals surface area contributed by atoms with Gasteiger partial charge in [0, 0.05) is 11.9 Å². The number of anilines is 1. The lowest BCUT2D eigenvalue weighted by Crippen LogP contribution is -2.12. The molecule has 1 amide bonds. The maximum absolute atomic E-state index is 12.1. The quantitative estimate of drug-likeness (QED) is 0.891. The minimum absolute atomic E-state index is 0.0832. The van der Waals surface area contributed by atoms with Crippen LogP contribution in [0.2, 0.25) is 5.02 Å². The van der Waals surface area contributed by atoms with Crippen molar-refractivity contribution in [2.45, 2.75) is 13.5 Å². The van der Waals surface area contributed by atoms with Crippen molar-refractivity contribution >= 4 is 23.2 Å². The lowest BCUT2D eigenvalue weighted by Gasteiger charge is -2.08. The van der Waals surface area contributed by atoms with Crippen LogP contribution in [0.4, 0.5) is 5.69 Å². The van der Waals surface area contributed by atoms with Crippen molar-refractivity contribution in [3.63, 3.8) is 0 Å². The molecule has 0 spiro atoms.